The topological polar surface area (TPSA) is 38.5 Å². The van der Waals surface area contributed by atoms with Crippen LogP contribution in [0, 0.1) is 5.92 Å². The van der Waals surface area contributed by atoms with E-state index in [0.29, 0.717) is 12.1 Å². The Balaban J connectivity index is 1.86. The molecule has 1 atom stereocenters. The molecule has 3 nitrogen and oxygen atoms in total. The average molecular weight is 290 g/mol. The van der Waals surface area contributed by atoms with Gasteiger partial charge in [0.1, 0.15) is 5.75 Å². The van der Waals surface area contributed by atoms with Crippen molar-refractivity contribution in [1.82, 2.24) is 4.90 Å². The minimum atomic E-state index is 0.442. The first-order chi connectivity index (χ1) is 10.1. The van der Waals surface area contributed by atoms with Gasteiger partial charge < -0.3 is 15.4 Å². The van der Waals surface area contributed by atoms with Crippen molar-refractivity contribution in [3.63, 3.8) is 0 Å². The summed E-state index contributed by atoms with van der Waals surface area (Å²) in [5.41, 5.74) is 7.29. The minimum Gasteiger partial charge on any atom is -0.496 e. The SMILES string of the molecule is COc1ccccc1CC(C)N(C)CC1CCC(N)CC1. The van der Waals surface area contributed by atoms with Crippen molar-refractivity contribution < 1.29 is 4.74 Å². The largest absolute Gasteiger partial charge is 0.496 e. The number of nitrogens with zero attached hydrogens (tertiary/aromatic N) is 1. The van der Waals surface area contributed by atoms with Crippen molar-refractivity contribution in [3.8, 4) is 5.75 Å². The summed E-state index contributed by atoms with van der Waals surface area (Å²) in [6.45, 7) is 3.49. The van der Waals surface area contributed by atoms with Gasteiger partial charge in [-0.3, -0.25) is 0 Å². The van der Waals surface area contributed by atoms with Gasteiger partial charge in [-0.25, -0.2) is 0 Å². The normalized spacial score (nSPS) is 24.0. The highest BCUT2D eigenvalue weighted by Gasteiger charge is 2.21. The van der Waals surface area contributed by atoms with Crippen LogP contribution in [-0.4, -0.2) is 37.7 Å². The third-order valence-corrected chi connectivity index (χ3v) is 4.90. The number of ether oxygens (including phenoxy) is 1. The predicted octanol–water partition coefficient (Wildman–Crippen LogP) is 3.08. The smallest absolute Gasteiger partial charge is 0.122 e. The first kappa shape index (κ1) is 16.3. The molecule has 1 unspecified atom stereocenters. The van der Waals surface area contributed by atoms with Gasteiger partial charge in [-0.05, 0) is 63.6 Å². The molecule has 2 rings (SSSR count). The number of hydrogen-bond acceptors (Lipinski definition) is 3. The second-order valence-corrected chi connectivity index (χ2v) is 6.59. The maximum absolute atomic E-state index is 5.99. The maximum Gasteiger partial charge on any atom is 0.122 e. The lowest BCUT2D eigenvalue weighted by Crippen LogP contribution is -2.37. The monoisotopic (exact) mass is 290 g/mol. The molecule has 0 heterocycles. The molecule has 0 spiro atoms. The van der Waals surface area contributed by atoms with E-state index in [1.165, 1.54) is 37.8 Å². The predicted molar refractivity (Wildman–Crippen MR) is 88.7 cm³/mol. The Morgan fingerprint density at radius 2 is 1.90 bits per heavy atom. The highest BCUT2D eigenvalue weighted by Crippen LogP contribution is 2.25. The van der Waals surface area contributed by atoms with E-state index < -0.39 is 0 Å². The number of likely N-dealkylation sites (N-methyl/N-ethyl adjacent to an activating group) is 1. The van der Waals surface area contributed by atoms with Crippen LogP contribution < -0.4 is 10.5 Å². The molecular weight excluding hydrogens is 260 g/mol. The summed E-state index contributed by atoms with van der Waals surface area (Å²) in [6.07, 6.45) is 5.99. The Morgan fingerprint density at radius 1 is 1.24 bits per heavy atom. The van der Waals surface area contributed by atoms with Crippen molar-refractivity contribution in [2.45, 2.75) is 51.1 Å². The van der Waals surface area contributed by atoms with Crippen LogP contribution in [-0.2, 0) is 6.42 Å². The lowest BCUT2D eigenvalue weighted by molar-refractivity contribution is 0.184. The number of para-hydroxylation sites is 1. The molecule has 0 aliphatic heterocycles. The standard InChI is InChI=1S/C18H30N2O/c1-14(12-16-6-4-5-7-18(16)21-3)20(2)13-15-8-10-17(19)11-9-15/h4-7,14-15,17H,8-13,19H2,1-3H3. The van der Waals surface area contributed by atoms with Crippen LogP contribution in [0.2, 0.25) is 0 Å². The molecule has 0 saturated heterocycles. The fourth-order valence-corrected chi connectivity index (χ4v) is 3.30. The van der Waals surface area contributed by atoms with Crippen LogP contribution in [0.15, 0.2) is 24.3 Å². The number of nitrogens with two attached hydrogens (primary N) is 1. The molecule has 2 N–H and O–H groups in total. The van der Waals surface area contributed by atoms with Gasteiger partial charge in [0.05, 0.1) is 7.11 Å². The summed E-state index contributed by atoms with van der Waals surface area (Å²) in [5.74, 6) is 1.82. The summed E-state index contributed by atoms with van der Waals surface area (Å²) >= 11 is 0. The molecule has 0 bridgehead atoms. The van der Waals surface area contributed by atoms with Gasteiger partial charge in [0.25, 0.3) is 0 Å². The van der Waals surface area contributed by atoms with Crippen molar-refractivity contribution in [1.29, 1.82) is 0 Å². The van der Waals surface area contributed by atoms with Gasteiger partial charge in [-0.1, -0.05) is 18.2 Å². The van der Waals surface area contributed by atoms with E-state index in [1.54, 1.807) is 7.11 Å². The summed E-state index contributed by atoms with van der Waals surface area (Å²) in [6, 6.07) is 9.30. The molecule has 1 aliphatic carbocycles. The summed E-state index contributed by atoms with van der Waals surface area (Å²) in [5, 5.41) is 0. The molecule has 118 valence electrons. The van der Waals surface area contributed by atoms with Crippen LogP contribution >= 0.6 is 0 Å². The van der Waals surface area contributed by atoms with Gasteiger partial charge in [0, 0.05) is 18.6 Å². The van der Waals surface area contributed by atoms with E-state index in [0.717, 1.165) is 18.1 Å². The Hall–Kier alpha value is -1.06. The Morgan fingerprint density at radius 3 is 2.57 bits per heavy atom. The van der Waals surface area contributed by atoms with Crippen LogP contribution in [0.3, 0.4) is 0 Å². The molecule has 21 heavy (non-hydrogen) atoms. The molecule has 3 heteroatoms. The Labute approximate surface area is 129 Å². The zero-order chi connectivity index (χ0) is 15.2. The van der Waals surface area contributed by atoms with Crippen LogP contribution in [0.1, 0.15) is 38.2 Å². The van der Waals surface area contributed by atoms with E-state index in [1.807, 2.05) is 12.1 Å². The van der Waals surface area contributed by atoms with Gasteiger partial charge in [-0.15, -0.1) is 0 Å². The summed E-state index contributed by atoms with van der Waals surface area (Å²) < 4.78 is 5.46. The lowest BCUT2D eigenvalue weighted by Gasteiger charge is -2.32. The summed E-state index contributed by atoms with van der Waals surface area (Å²) in [7, 11) is 3.99. The molecule has 1 aromatic rings. The maximum atomic E-state index is 5.99. The minimum absolute atomic E-state index is 0.442. The second kappa shape index (κ2) is 7.81. The molecule has 0 radical (unpaired) electrons. The molecule has 1 aliphatic rings. The summed E-state index contributed by atoms with van der Waals surface area (Å²) in [4.78, 5) is 2.49. The molecule has 0 aromatic heterocycles. The highest BCUT2D eigenvalue weighted by atomic mass is 16.5. The van der Waals surface area contributed by atoms with Gasteiger partial charge >= 0.3 is 0 Å². The lowest BCUT2D eigenvalue weighted by atomic mass is 9.86. The first-order valence-corrected chi connectivity index (χ1v) is 8.18. The molecular formula is C18H30N2O. The zero-order valence-corrected chi connectivity index (χ0v) is 13.7. The quantitative estimate of drug-likeness (QED) is 0.875. The van der Waals surface area contributed by atoms with E-state index in [4.69, 9.17) is 10.5 Å². The van der Waals surface area contributed by atoms with Crippen LogP contribution in [0.5, 0.6) is 5.75 Å². The number of methoxy groups -OCH3 is 1. The first-order valence-electron chi connectivity index (χ1n) is 8.18. The molecule has 1 aromatic carbocycles. The fourth-order valence-electron chi connectivity index (χ4n) is 3.30. The van der Waals surface area contributed by atoms with E-state index in [2.05, 4.69) is 31.0 Å². The van der Waals surface area contributed by atoms with Crippen LogP contribution in [0.4, 0.5) is 0 Å². The molecule has 1 fully saturated rings. The fraction of sp³-hybridized carbons (Fsp3) is 0.667. The second-order valence-electron chi connectivity index (χ2n) is 6.59. The molecule has 0 amide bonds. The van der Waals surface area contributed by atoms with Crippen LogP contribution in [0.25, 0.3) is 0 Å². The van der Waals surface area contributed by atoms with Gasteiger partial charge in [0.2, 0.25) is 0 Å². The van der Waals surface area contributed by atoms with Crippen molar-refractivity contribution in [3.05, 3.63) is 29.8 Å². The van der Waals surface area contributed by atoms with E-state index in [-0.39, 0.29) is 0 Å². The number of hydrogen-bond donors (Lipinski definition) is 1. The van der Waals surface area contributed by atoms with Crippen molar-refractivity contribution >= 4 is 0 Å². The third-order valence-electron chi connectivity index (χ3n) is 4.90. The number of benzene rings is 1. The van der Waals surface area contributed by atoms with Crippen molar-refractivity contribution in [2.75, 3.05) is 20.7 Å². The highest BCUT2D eigenvalue weighted by molar-refractivity contribution is 5.33. The average Bonchev–Trinajstić information content (AvgIpc) is 2.50. The van der Waals surface area contributed by atoms with E-state index >= 15 is 0 Å². The Kier molecular flexibility index (Phi) is 6.07. The Bertz CT molecular complexity index is 427. The molecule has 1 saturated carbocycles. The zero-order valence-electron chi connectivity index (χ0n) is 13.7. The van der Waals surface area contributed by atoms with Crippen molar-refractivity contribution in [2.24, 2.45) is 11.7 Å². The number of rotatable bonds is 6. The third kappa shape index (κ3) is 4.72. The van der Waals surface area contributed by atoms with Gasteiger partial charge in [-0.2, -0.15) is 0 Å². The van der Waals surface area contributed by atoms with Gasteiger partial charge in [0.15, 0.2) is 0 Å². The van der Waals surface area contributed by atoms with E-state index in [9.17, 15) is 0 Å².